The molecular weight excluding hydrogens is 719 g/mol. The fourth-order valence-electron chi connectivity index (χ4n) is 8.74. The SMILES string of the molecule is c1ccc(-c2ccc(-c3ccc(N(c4cccc5ccccc45)c4ccc(-c5ccccc5)c5ccccc45)cc3)cc2-c2cccc3c2sc2ccccc23)cc1. The van der Waals surface area contributed by atoms with Crippen LogP contribution in [0.2, 0.25) is 0 Å². The molecule has 0 amide bonds. The van der Waals surface area contributed by atoms with E-state index in [1.807, 2.05) is 11.3 Å². The number of hydrogen-bond donors (Lipinski definition) is 0. The number of thiophene rings is 1. The Balaban J connectivity index is 1.07. The average molecular weight is 756 g/mol. The van der Waals surface area contributed by atoms with Crippen LogP contribution in [0.1, 0.15) is 0 Å². The van der Waals surface area contributed by atoms with E-state index >= 15 is 0 Å². The molecule has 58 heavy (non-hydrogen) atoms. The Hall–Kier alpha value is -7.26. The first-order chi connectivity index (χ1) is 28.8. The van der Waals surface area contributed by atoms with Gasteiger partial charge in [0.1, 0.15) is 0 Å². The third-order valence-electron chi connectivity index (χ3n) is 11.5. The Morgan fingerprint density at radius 3 is 1.66 bits per heavy atom. The predicted octanol–water partition coefficient (Wildman–Crippen LogP) is 16.5. The van der Waals surface area contributed by atoms with Gasteiger partial charge >= 0.3 is 0 Å². The highest BCUT2D eigenvalue weighted by molar-refractivity contribution is 7.26. The van der Waals surface area contributed by atoms with Crippen LogP contribution in [-0.2, 0) is 0 Å². The zero-order valence-electron chi connectivity index (χ0n) is 31.7. The minimum Gasteiger partial charge on any atom is -0.309 e. The van der Waals surface area contributed by atoms with Crippen LogP contribution in [-0.4, -0.2) is 0 Å². The molecule has 272 valence electrons. The normalized spacial score (nSPS) is 11.4. The summed E-state index contributed by atoms with van der Waals surface area (Å²) in [6, 6.07) is 81.9. The maximum Gasteiger partial charge on any atom is 0.0540 e. The van der Waals surface area contributed by atoms with Gasteiger partial charge in [-0.15, -0.1) is 11.3 Å². The van der Waals surface area contributed by atoms with Crippen molar-refractivity contribution in [2.45, 2.75) is 0 Å². The van der Waals surface area contributed by atoms with E-state index in [0.717, 1.165) is 17.1 Å². The zero-order chi connectivity index (χ0) is 38.4. The first-order valence-corrected chi connectivity index (χ1v) is 20.7. The Labute approximate surface area is 342 Å². The van der Waals surface area contributed by atoms with E-state index < -0.39 is 0 Å². The molecule has 0 fully saturated rings. The van der Waals surface area contributed by atoms with Gasteiger partial charge in [0, 0.05) is 42.2 Å². The summed E-state index contributed by atoms with van der Waals surface area (Å²) in [5.41, 5.74) is 13.2. The van der Waals surface area contributed by atoms with Crippen LogP contribution in [0.25, 0.3) is 86.2 Å². The lowest BCUT2D eigenvalue weighted by molar-refractivity contribution is 1.31. The summed E-state index contributed by atoms with van der Waals surface area (Å²) in [7, 11) is 0. The number of rotatable bonds is 7. The van der Waals surface area contributed by atoms with Crippen LogP contribution in [0.15, 0.2) is 224 Å². The summed E-state index contributed by atoms with van der Waals surface area (Å²) < 4.78 is 2.64. The van der Waals surface area contributed by atoms with E-state index in [1.54, 1.807) is 0 Å². The van der Waals surface area contributed by atoms with Crippen LogP contribution >= 0.6 is 11.3 Å². The standard InChI is InChI=1S/C56H37NS/c1-3-15-39(16-4-1)44-35-36-54(48-23-10-9-22-47(44)48)57(53-27-13-20-41-19-7-8-21-46(41)53)43-32-29-38(30-33-43)42-31-34-45(40-17-5-2-6-18-40)52(37-42)51-26-14-25-50-49-24-11-12-28-55(49)58-56(50)51/h1-37H. The van der Waals surface area contributed by atoms with Gasteiger partial charge in [-0.25, -0.2) is 0 Å². The van der Waals surface area contributed by atoms with Crippen molar-refractivity contribution in [3.05, 3.63) is 224 Å². The van der Waals surface area contributed by atoms with Gasteiger partial charge in [0.25, 0.3) is 0 Å². The van der Waals surface area contributed by atoms with Crippen LogP contribution < -0.4 is 4.90 Å². The van der Waals surface area contributed by atoms with Crippen LogP contribution in [0.3, 0.4) is 0 Å². The monoisotopic (exact) mass is 755 g/mol. The Kier molecular flexibility index (Phi) is 8.42. The largest absolute Gasteiger partial charge is 0.309 e. The second kappa shape index (κ2) is 14.4. The molecule has 0 unspecified atom stereocenters. The Morgan fingerprint density at radius 2 is 0.862 bits per heavy atom. The third kappa shape index (κ3) is 5.86. The number of nitrogens with zero attached hydrogens (tertiary/aromatic N) is 1. The summed E-state index contributed by atoms with van der Waals surface area (Å²) in [6.45, 7) is 0. The molecule has 1 heterocycles. The summed E-state index contributed by atoms with van der Waals surface area (Å²) >= 11 is 1.89. The van der Waals surface area contributed by atoms with Gasteiger partial charge in [0.15, 0.2) is 0 Å². The number of benzene rings is 10. The first kappa shape index (κ1) is 34.0. The van der Waals surface area contributed by atoms with Crippen molar-refractivity contribution in [1.29, 1.82) is 0 Å². The smallest absolute Gasteiger partial charge is 0.0540 e. The lowest BCUT2D eigenvalue weighted by atomic mass is 9.90. The maximum absolute atomic E-state index is 2.44. The molecule has 0 aliphatic heterocycles. The van der Waals surface area contributed by atoms with Crippen molar-refractivity contribution in [2.75, 3.05) is 4.90 Å². The fraction of sp³-hybridized carbons (Fsp3) is 0. The van der Waals surface area contributed by atoms with Crippen LogP contribution in [0.5, 0.6) is 0 Å². The zero-order valence-corrected chi connectivity index (χ0v) is 32.5. The third-order valence-corrected chi connectivity index (χ3v) is 12.7. The molecule has 0 saturated heterocycles. The van der Waals surface area contributed by atoms with E-state index in [2.05, 4.69) is 229 Å². The molecular formula is C56H37NS. The van der Waals surface area contributed by atoms with Crippen molar-refractivity contribution in [3.63, 3.8) is 0 Å². The molecule has 11 aromatic rings. The van der Waals surface area contributed by atoms with Gasteiger partial charge in [0.05, 0.1) is 11.4 Å². The highest BCUT2D eigenvalue weighted by Crippen LogP contribution is 2.46. The first-order valence-electron chi connectivity index (χ1n) is 19.8. The molecule has 0 atom stereocenters. The number of anilines is 3. The van der Waals surface area contributed by atoms with E-state index in [-0.39, 0.29) is 0 Å². The maximum atomic E-state index is 2.44. The summed E-state index contributed by atoms with van der Waals surface area (Å²) in [5, 5.41) is 7.49. The van der Waals surface area contributed by atoms with E-state index in [4.69, 9.17) is 0 Å². The van der Waals surface area contributed by atoms with Gasteiger partial charge in [-0.2, -0.15) is 0 Å². The summed E-state index contributed by atoms with van der Waals surface area (Å²) in [5.74, 6) is 0. The molecule has 0 spiro atoms. The van der Waals surface area contributed by atoms with Crippen molar-refractivity contribution in [2.24, 2.45) is 0 Å². The second-order valence-corrected chi connectivity index (χ2v) is 15.9. The molecule has 0 saturated carbocycles. The summed E-state index contributed by atoms with van der Waals surface area (Å²) in [6.07, 6.45) is 0. The van der Waals surface area contributed by atoms with E-state index in [0.29, 0.717) is 0 Å². The van der Waals surface area contributed by atoms with Gasteiger partial charge in [-0.1, -0.05) is 188 Å². The van der Waals surface area contributed by atoms with Crippen LogP contribution in [0, 0.1) is 0 Å². The molecule has 0 radical (unpaired) electrons. The molecule has 1 aromatic heterocycles. The molecule has 2 heteroatoms. The van der Waals surface area contributed by atoms with Gasteiger partial charge in [-0.05, 0) is 86.1 Å². The highest BCUT2D eigenvalue weighted by Gasteiger charge is 2.20. The van der Waals surface area contributed by atoms with E-state index in [9.17, 15) is 0 Å². The molecule has 10 aromatic carbocycles. The molecule has 1 nitrogen and oxygen atoms in total. The Bertz CT molecular complexity index is 3270. The second-order valence-electron chi connectivity index (χ2n) is 14.8. The lowest BCUT2D eigenvalue weighted by Crippen LogP contribution is -2.11. The van der Waals surface area contributed by atoms with Crippen molar-refractivity contribution < 1.29 is 0 Å². The lowest BCUT2D eigenvalue weighted by Gasteiger charge is -2.29. The number of fused-ring (bicyclic) bond motifs is 5. The van der Waals surface area contributed by atoms with E-state index in [1.165, 1.54) is 86.2 Å². The Morgan fingerprint density at radius 1 is 0.293 bits per heavy atom. The van der Waals surface area contributed by atoms with Crippen molar-refractivity contribution >= 4 is 70.1 Å². The molecule has 0 N–H and O–H groups in total. The van der Waals surface area contributed by atoms with Gasteiger partial charge in [0.2, 0.25) is 0 Å². The van der Waals surface area contributed by atoms with Crippen LogP contribution in [0.4, 0.5) is 17.1 Å². The topological polar surface area (TPSA) is 3.24 Å². The highest BCUT2D eigenvalue weighted by atomic mass is 32.1. The fourth-order valence-corrected chi connectivity index (χ4v) is 9.97. The average Bonchev–Trinajstić information content (AvgIpc) is 3.69. The quantitative estimate of drug-likeness (QED) is 0.157. The minimum atomic E-state index is 1.11. The van der Waals surface area contributed by atoms with Crippen molar-refractivity contribution in [1.82, 2.24) is 0 Å². The van der Waals surface area contributed by atoms with Gasteiger partial charge in [-0.3, -0.25) is 0 Å². The van der Waals surface area contributed by atoms with Crippen molar-refractivity contribution in [3.8, 4) is 44.5 Å². The molecule has 11 rings (SSSR count). The predicted molar refractivity (Wildman–Crippen MR) is 251 cm³/mol. The minimum absolute atomic E-state index is 1.11. The molecule has 0 aliphatic carbocycles. The summed E-state index contributed by atoms with van der Waals surface area (Å²) in [4.78, 5) is 2.44. The number of hydrogen-bond acceptors (Lipinski definition) is 2. The molecule has 0 bridgehead atoms. The van der Waals surface area contributed by atoms with Gasteiger partial charge < -0.3 is 4.90 Å². The molecule has 0 aliphatic rings.